The molecular formula is C40H62CaO6. The molecule has 0 radical (unpaired) electrons. The fraction of sp³-hybridized carbons (Fsp3) is 0.650. The summed E-state index contributed by atoms with van der Waals surface area (Å²) < 4.78 is 0. The molecule has 0 aliphatic heterocycles. The SMILES string of the molecule is CCCCCCCCCCCCCc1ccc(O)cc1C(=O)O.CCCCCCCCCCCCCc1ccc([O-])cc1C(=O)[O-].[Ca+2]. The van der Waals surface area contributed by atoms with Gasteiger partial charge >= 0.3 is 43.7 Å². The maximum Gasteiger partial charge on any atom is 2.00 e. The number of phenolic OH excluding ortho intramolecular Hbond substituents is 1. The number of carboxylic acids is 2. The Morgan fingerprint density at radius 3 is 1.30 bits per heavy atom. The van der Waals surface area contributed by atoms with Crippen molar-refractivity contribution in [3.63, 3.8) is 0 Å². The number of benzene rings is 2. The monoisotopic (exact) mass is 678 g/mol. The van der Waals surface area contributed by atoms with Crippen molar-refractivity contribution in [2.24, 2.45) is 0 Å². The van der Waals surface area contributed by atoms with Gasteiger partial charge in [0.1, 0.15) is 5.75 Å². The van der Waals surface area contributed by atoms with Gasteiger partial charge in [0.15, 0.2) is 0 Å². The molecule has 0 saturated heterocycles. The van der Waals surface area contributed by atoms with Gasteiger partial charge in [0.25, 0.3) is 0 Å². The van der Waals surface area contributed by atoms with Crippen LogP contribution in [0.1, 0.15) is 187 Å². The maximum atomic E-state index is 11.2. The number of carbonyl (C=O) groups is 2. The molecule has 2 aromatic rings. The molecule has 0 amide bonds. The summed E-state index contributed by atoms with van der Waals surface area (Å²) in [5.41, 5.74) is 1.84. The molecule has 0 aliphatic rings. The third-order valence-corrected chi connectivity index (χ3v) is 8.72. The molecule has 2 aromatic carbocycles. The molecule has 0 atom stereocenters. The van der Waals surface area contributed by atoms with Gasteiger partial charge in [-0.05, 0) is 54.5 Å². The van der Waals surface area contributed by atoms with E-state index in [1.54, 1.807) is 18.2 Å². The number of hydrogen-bond donors (Lipinski definition) is 2. The molecule has 2 N–H and O–H groups in total. The van der Waals surface area contributed by atoms with Crippen LogP contribution in [0.15, 0.2) is 36.4 Å². The van der Waals surface area contributed by atoms with Crippen molar-refractivity contribution in [3.05, 3.63) is 58.7 Å². The largest absolute Gasteiger partial charge is 2.00 e. The zero-order valence-corrected chi connectivity index (χ0v) is 31.9. The average Bonchev–Trinajstić information content (AvgIpc) is 3.03. The zero-order chi connectivity index (χ0) is 33.8. The minimum Gasteiger partial charge on any atom is -0.872 e. The summed E-state index contributed by atoms with van der Waals surface area (Å²) in [7, 11) is 0. The Morgan fingerprint density at radius 1 is 0.553 bits per heavy atom. The normalized spacial score (nSPS) is 10.6. The van der Waals surface area contributed by atoms with Crippen LogP contribution in [0, 0.1) is 0 Å². The van der Waals surface area contributed by atoms with E-state index in [-0.39, 0.29) is 60.4 Å². The third-order valence-electron chi connectivity index (χ3n) is 8.72. The van der Waals surface area contributed by atoms with Gasteiger partial charge < -0.3 is 25.2 Å². The van der Waals surface area contributed by atoms with E-state index in [0.717, 1.165) is 43.2 Å². The van der Waals surface area contributed by atoms with Crippen molar-refractivity contribution < 1.29 is 30.0 Å². The van der Waals surface area contributed by atoms with Gasteiger partial charge in [-0.2, -0.15) is 0 Å². The van der Waals surface area contributed by atoms with Gasteiger partial charge in [-0.15, -0.1) is 5.75 Å². The molecule has 0 fully saturated rings. The van der Waals surface area contributed by atoms with Crippen LogP contribution in [0.25, 0.3) is 0 Å². The van der Waals surface area contributed by atoms with Gasteiger partial charge in [-0.25, -0.2) is 4.79 Å². The molecule has 0 saturated carbocycles. The summed E-state index contributed by atoms with van der Waals surface area (Å²) in [6.07, 6.45) is 29.6. The van der Waals surface area contributed by atoms with Crippen molar-refractivity contribution in [1.82, 2.24) is 0 Å². The topological polar surface area (TPSA) is 121 Å². The summed E-state index contributed by atoms with van der Waals surface area (Å²) in [5, 5.41) is 40.8. The van der Waals surface area contributed by atoms with E-state index in [0.29, 0.717) is 6.42 Å². The van der Waals surface area contributed by atoms with E-state index in [1.165, 1.54) is 134 Å². The summed E-state index contributed by atoms with van der Waals surface area (Å²) in [5.74, 6) is -2.46. The second-order valence-corrected chi connectivity index (χ2v) is 12.8. The Bertz CT molecular complexity index is 1000. The van der Waals surface area contributed by atoms with Gasteiger partial charge in [-0.3, -0.25) is 0 Å². The Hall–Kier alpha value is -1.76. The van der Waals surface area contributed by atoms with Gasteiger partial charge in [-0.1, -0.05) is 167 Å². The maximum absolute atomic E-state index is 11.2. The van der Waals surface area contributed by atoms with Crippen LogP contribution in [0.3, 0.4) is 0 Å². The smallest absolute Gasteiger partial charge is 0.872 e. The second-order valence-electron chi connectivity index (χ2n) is 12.8. The number of phenols is 1. The standard InChI is InChI=1S/2C20H32O3.Ca/c2*1-2-3-4-5-6-7-8-9-10-11-12-13-17-14-15-18(21)16-19(17)20(22)23;/h2*14-16,21H,2-13H2,1H3,(H,22,23);/q;;+2/p-2. The van der Waals surface area contributed by atoms with E-state index >= 15 is 0 Å². The first kappa shape index (κ1) is 45.2. The molecule has 7 heteroatoms. The number of hydrogen-bond acceptors (Lipinski definition) is 5. The Morgan fingerprint density at radius 2 is 0.915 bits per heavy atom. The number of unbranched alkanes of at least 4 members (excludes halogenated alkanes) is 20. The van der Waals surface area contributed by atoms with Crippen LogP contribution in [-0.2, 0) is 12.8 Å². The minimum atomic E-state index is -1.25. The second kappa shape index (κ2) is 30.3. The van der Waals surface area contributed by atoms with Crippen LogP contribution >= 0.6 is 0 Å². The van der Waals surface area contributed by atoms with E-state index in [1.807, 2.05) is 0 Å². The molecule has 0 aromatic heterocycles. The van der Waals surface area contributed by atoms with Gasteiger partial charge in [0.05, 0.1) is 11.5 Å². The van der Waals surface area contributed by atoms with E-state index in [4.69, 9.17) is 5.11 Å². The summed E-state index contributed by atoms with van der Waals surface area (Å²) >= 11 is 0. The summed E-state index contributed by atoms with van der Waals surface area (Å²) in [4.78, 5) is 22.2. The fourth-order valence-electron chi connectivity index (χ4n) is 5.90. The van der Waals surface area contributed by atoms with Gasteiger partial charge in [0.2, 0.25) is 0 Å². The van der Waals surface area contributed by atoms with Gasteiger partial charge in [0, 0.05) is 0 Å². The van der Waals surface area contributed by atoms with Crippen LogP contribution in [0.5, 0.6) is 11.5 Å². The molecule has 47 heavy (non-hydrogen) atoms. The molecular weight excluding hydrogens is 617 g/mol. The molecule has 0 heterocycles. The van der Waals surface area contributed by atoms with Crippen LogP contribution in [-0.4, -0.2) is 59.9 Å². The summed E-state index contributed by atoms with van der Waals surface area (Å²) in [6.45, 7) is 4.49. The van der Waals surface area contributed by atoms with E-state index in [2.05, 4.69) is 13.8 Å². The van der Waals surface area contributed by atoms with Crippen molar-refractivity contribution >= 4 is 49.7 Å². The van der Waals surface area contributed by atoms with Crippen LogP contribution in [0.4, 0.5) is 0 Å². The first-order chi connectivity index (χ1) is 22.3. The predicted molar refractivity (Wildman–Crippen MR) is 191 cm³/mol. The molecule has 0 spiro atoms. The quantitative estimate of drug-likeness (QED) is 0.0755. The third kappa shape index (κ3) is 23.3. The predicted octanol–water partition coefficient (Wildman–Crippen LogP) is 9.54. The van der Waals surface area contributed by atoms with E-state index in [9.17, 15) is 24.9 Å². The van der Waals surface area contributed by atoms with Crippen molar-refractivity contribution in [2.75, 3.05) is 0 Å². The average molecular weight is 679 g/mol. The number of rotatable bonds is 26. The number of carboxylic acid groups (broad SMARTS) is 2. The Kier molecular flexibility index (Phi) is 29.2. The van der Waals surface area contributed by atoms with Crippen molar-refractivity contribution in [2.45, 2.75) is 168 Å². The minimum absolute atomic E-state index is 0. The molecule has 6 nitrogen and oxygen atoms in total. The number of aryl methyl sites for hydroxylation is 2. The molecule has 260 valence electrons. The summed E-state index contributed by atoms with van der Waals surface area (Å²) in [6, 6.07) is 8.87. The zero-order valence-electron chi connectivity index (χ0n) is 29.7. The van der Waals surface area contributed by atoms with Crippen LogP contribution in [0.2, 0.25) is 0 Å². The molecule has 0 bridgehead atoms. The molecule has 0 unspecified atom stereocenters. The fourth-order valence-corrected chi connectivity index (χ4v) is 5.90. The number of aromatic hydroxyl groups is 1. The Balaban J connectivity index is 0.000000882. The van der Waals surface area contributed by atoms with Crippen LogP contribution < -0.4 is 10.2 Å². The molecule has 0 aliphatic carbocycles. The number of aromatic carboxylic acids is 2. The molecule has 2 rings (SSSR count). The Labute approximate surface area is 315 Å². The van der Waals surface area contributed by atoms with E-state index < -0.39 is 11.9 Å². The first-order valence-electron chi connectivity index (χ1n) is 18.4. The van der Waals surface area contributed by atoms with Crippen molar-refractivity contribution in [1.29, 1.82) is 0 Å². The first-order valence-corrected chi connectivity index (χ1v) is 18.4. The number of carbonyl (C=O) groups excluding carboxylic acids is 1. The van der Waals surface area contributed by atoms with Crippen molar-refractivity contribution in [3.8, 4) is 11.5 Å².